The highest BCUT2D eigenvalue weighted by Gasteiger charge is 2.06. The van der Waals surface area contributed by atoms with Gasteiger partial charge in [0, 0.05) is 25.5 Å². The molecule has 0 aliphatic rings. The first kappa shape index (κ1) is 13.8. The highest BCUT2D eigenvalue weighted by Crippen LogP contribution is 2.20. The van der Waals surface area contributed by atoms with Crippen molar-refractivity contribution in [1.29, 1.82) is 0 Å². The Morgan fingerprint density at radius 3 is 2.42 bits per heavy atom. The Hall–Kier alpha value is -1.58. The van der Waals surface area contributed by atoms with Crippen LogP contribution in [0.1, 0.15) is 18.1 Å². The number of pyridine rings is 1. The summed E-state index contributed by atoms with van der Waals surface area (Å²) in [4.78, 5) is 6.38. The topological polar surface area (TPSA) is 42.2 Å². The third kappa shape index (κ3) is 3.94. The molecule has 1 aromatic heterocycles. The van der Waals surface area contributed by atoms with E-state index in [1.54, 1.807) is 0 Å². The summed E-state index contributed by atoms with van der Waals surface area (Å²) in [6.45, 7) is 4.90. The van der Waals surface area contributed by atoms with Gasteiger partial charge in [-0.1, -0.05) is 24.6 Å². The SMILES string of the molecule is CCN(Cc1ccncc1)Cc1ccc(Cl)c(N)c1. The van der Waals surface area contributed by atoms with E-state index in [9.17, 15) is 0 Å². The summed E-state index contributed by atoms with van der Waals surface area (Å²) in [6.07, 6.45) is 3.65. The number of hydrogen-bond donors (Lipinski definition) is 1. The van der Waals surface area contributed by atoms with Crippen molar-refractivity contribution in [2.45, 2.75) is 20.0 Å². The van der Waals surface area contributed by atoms with Gasteiger partial charge in [-0.2, -0.15) is 0 Å². The fourth-order valence-corrected chi connectivity index (χ4v) is 2.09. The predicted octanol–water partition coefficient (Wildman–Crippen LogP) is 3.34. The molecule has 0 fully saturated rings. The van der Waals surface area contributed by atoms with Gasteiger partial charge in [-0.25, -0.2) is 0 Å². The molecule has 0 aliphatic carbocycles. The van der Waals surface area contributed by atoms with Crippen molar-refractivity contribution in [3.8, 4) is 0 Å². The molecule has 1 aromatic carbocycles. The van der Waals surface area contributed by atoms with Gasteiger partial charge < -0.3 is 5.73 Å². The van der Waals surface area contributed by atoms with Crippen LogP contribution in [-0.2, 0) is 13.1 Å². The lowest BCUT2D eigenvalue weighted by Gasteiger charge is -2.20. The zero-order valence-electron chi connectivity index (χ0n) is 11.0. The van der Waals surface area contributed by atoms with Gasteiger partial charge in [0.25, 0.3) is 0 Å². The quantitative estimate of drug-likeness (QED) is 0.851. The molecule has 0 radical (unpaired) electrons. The Kier molecular flexibility index (Phi) is 4.77. The number of rotatable bonds is 5. The van der Waals surface area contributed by atoms with Gasteiger partial charge >= 0.3 is 0 Å². The van der Waals surface area contributed by atoms with E-state index in [0.717, 1.165) is 19.6 Å². The van der Waals surface area contributed by atoms with Crippen molar-refractivity contribution in [2.75, 3.05) is 12.3 Å². The van der Waals surface area contributed by atoms with Crippen molar-refractivity contribution in [2.24, 2.45) is 0 Å². The second-order valence-corrected chi connectivity index (χ2v) is 4.92. The van der Waals surface area contributed by atoms with Crippen LogP contribution in [0.5, 0.6) is 0 Å². The summed E-state index contributed by atoms with van der Waals surface area (Å²) in [7, 11) is 0. The maximum absolute atomic E-state index is 5.94. The molecule has 0 bridgehead atoms. The zero-order valence-corrected chi connectivity index (χ0v) is 11.8. The van der Waals surface area contributed by atoms with Crippen LogP contribution in [0, 0.1) is 0 Å². The summed E-state index contributed by atoms with van der Waals surface area (Å²) in [5.74, 6) is 0. The summed E-state index contributed by atoms with van der Waals surface area (Å²) in [5.41, 5.74) is 8.91. The molecule has 2 N–H and O–H groups in total. The normalized spacial score (nSPS) is 10.9. The van der Waals surface area contributed by atoms with Gasteiger partial charge in [0.1, 0.15) is 0 Å². The highest BCUT2D eigenvalue weighted by atomic mass is 35.5. The predicted molar refractivity (Wildman–Crippen MR) is 79.9 cm³/mol. The largest absolute Gasteiger partial charge is 0.398 e. The van der Waals surface area contributed by atoms with Gasteiger partial charge in [0.15, 0.2) is 0 Å². The van der Waals surface area contributed by atoms with Crippen LogP contribution in [0.3, 0.4) is 0 Å². The van der Waals surface area contributed by atoms with E-state index in [2.05, 4.69) is 16.8 Å². The van der Waals surface area contributed by atoms with Crippen molar-refractivity contribution in [1.82, 2.24) is 9.88 Å². The van der Waals surface area contributed by atoms with Gasteiger partial charge in [0.2, 0.25) is 0 Å². The highest BCUT2D eigenvalue weighted by molar-refractivity contribution is 6.33. The lowest BCUT2D eigenvalue weighted by atomic mass is 10.1. The molecule has 19 heavy (non-hydrogen) atoms. The molecular weight excluding hydrogens is 258 g/mol. The van der Waals surface area contributed by atoms with E-state index in [1.165, 1.54) is 11.1 Å². The van der Waals surface area contributed by atoms with E-state index < -0.39 is 0 Å². The maximum Gasteiger partial charge on any atom is 0.0635 e. The lowest BCUT2D eigenvalue weighted by Crippen LogP contribution is -2.22. The molecule has 0 spiro atoms. The van der Waals surface area contributed by atoms with E-state index in [4.69, 9.17) is 17.3 Å². The third-order valence-corrected chi connectivity index (χ3v) is 3.41. The Morgan fingerprint density at radius 2 is 1.79 bits per heavy atom. The number of nitrogens with two attached hydrogens (primary N) is 1. The van der Waals surface area contributed by atoms with Gasteiger partial charge in [-0.15, -0.1) is 0 Å². The first-order chi connectivity index (χ1) is 9.19. The monoisotopic (exact) mass is 275 g/mol. The van der Waals surface area contributed by atoms with Gasteiger partial charge in [-0.3, -0.25) is 9.88 Å². The van der Waals surface area contributed by atoms with Crippen LogP contribution >= 0.6 is 11.6 Å². The Bertz CT molecular complexity index is 528. The molecule has 100 valence electrons. The smallest absolute Gasteiger partial charge is 0.0635 e. The van der Waals surface area contributed by atoms with Crippen molar-refractivity contribution >= 4 is 17.3 Å². The van der Waals surface area contributed by atoms with Gasteiger partial charge in [0.05, 0.1) is 10.7 Å². The Labute approximate surface area is 119 Å². The van der Waals surface area contributed by atoms with E-state index in [-0.39, 0.29) is 0 Å². The number of halogens is 1. The average Bonchev–Trinajstić information content (AvgIpc) is 2.43. The summed E-state index contributed by atoms with van der Waals surface area (Å²) < 4.78 is 0. The first-order valence-corrected chi connectivity index (χ1v) is 6.72. The number of benzene rings is 1. The molecule has 1 heterocycles. The van der Waals surface area contributed by atoms with Gasteiger partial charge in [-0.05, 0) is 41.9 Å². The van der Waals surface area contributed by atoms with E-state index in [0.29, 0.717) is 10.7 Å². The summed E-state index contributed by atoms with van der Waals surface area (Å²) in [6, 6.07) is 9.90. The molecule has 0 aliphatic heterocycles. The minimum atomic E-state index is 0.612. The number of nitrogen functional groups attached to an aromatic ring is 1. The average molecular weight is 276 g/mol. The molecule has 2 aromatic rings. The molecule has 0 unspecified atom stereocenters. The molecule has 3 nitrogen and oxygen atoms in total. The Balaban J connectivity index is 2.04. The zero-order chi connectivity index (χ0) is 13.7. The van der Waals surface area contributed by atoms with Crippen LogP contribution in [0.2, 0.25) is 5.02 Å². The second-order valence-electron chi connectivity index (χ2n) is 4.51. The van der Waals surface area contributed by atoms with E-state index >= 15 is 0 Å². The Morgan fingerprint density at radius 1 is 1.11 bits per heavy atom. The summed E-state index contributed by atoms with van der Waals surface area (Å²) in [5, 5.41) is 0.612. The summed E-state index contributed by atoms with van der Waals surface area (Å²) >= 11 is 5.94. The molecule has 0 saturated heterocycles. The lowest BCUT2D eigenvalue weighted by molar-refractivity contribution is 0.271. The fourth-order valence-electron chi connectivity index (χ4n) is 1.98. The minimum Gasteiger partial charge on any atom is -0.398 e. The van der Waals surface area contributed by atoms with Crippen molar-refractivity contribution in [3.63, 3.8) is 0 Å². The van der Waals surface area contributed by atoms with Crippen LogP contribution in [-0.4, -0.2) is 16.4 Å². The second kappa shape index (κ2) is 6.55. The fraction of sp³-hybridized carbons (Fsp3) is 0.267. The standard InChI is InChI=1S/C15H18ClN3/c1-2-19(10-12-5-7-18-8-6-12)11-13-3-4-14(16)15(17)9-13/h3-9H,2,10-11,17H2,1H3. The van der Waals surface area contributed by atoms with Crippen LogP contribution < -0.4 is 5.73 Å². The number of nitrogens with zero attached hydrogens (tertiary/aromatic N) is 2. The maximum atomic E-state index is 5.94. The van der Waals surface area contributed by atoms with Crippen LogP contribution in [0.15, 0.2) is 42.7 Å². The van der Waals surface area contributed by atoms with Crippen molar-refractivity contribution in [3.05, 3.63) is 58.9 Å². The molecule has 0 amide bonds. The molecule has 4 heteroatoms. The number of hydrogen-bond acceptors (Lipinski definition) is 3. The van der Waals surface area contributed by atoms with Crippen LogP contribution in [0.4, 0.5) is 5.69 Å². The minimum absolute atomic E-state index is 0.612. The first-order valence-electron chi connectivity index (χ1n) is 6.34. The van der Waals surface area contributed by atoms with E-state index in [1.807, 2.05) is 42.7 Å². The molecule has 0 saturated carbocycles. The molecule has 2 rings (SSSR count). The molecule has 0 atom stereocenters. The number of anilines is 1. The van der Waals surface area contributed by atoms with Crippen LogP contribution in [0.25, 0.3) is 0 Å². The molecular formula is C15H18ClN3. The third-order valence-electron chi connectivity index (χ3n) is 3.07. The number of aromatic nitrogens is 1. The van der Waals surface area contributed by atoms with Crippen molar-refractivity contribution < 1.29 is 0 Å².